The molecule has 0 aliphatic carbocycles. The predicted octanol–water partition coefficient (Wildman–Crippen LogP) is 1.44. The van der Waals surface area contributed by atoms with Crippen molar-refractivity contribution in [3.8, 4) is 0 Å². The second-order valence-electron chi connectivity index (χ2n) is 2.00. The molecular weight excluding hydrogens is 100 g/mol. The van der Waals surface area contributed by atoms with E-state index in [1.807, 2.05) is 6.08 Å². The number of rotatable bonds is 3. The molecule has 0 bridgehead atoms. The Hall–Kier alpha value is -0.0431. The van der Waals surface area contributed by atoms with Gasteiger partial charge in [0.2, 0.25) is 0 Å². The first kappa shape index (κ1) is 6.96. The van der Waals surface area contributed by atoms with E-state index in [4.69, 9.17) is 0 Å². The minimum absolute atomic E-state index is 0.284. The quantitative estimate of drug-likeness (QED) is 0.385. The molecule has 0 spiro atoms. The van der Waals surface area contributed by atoms with Gasteiger partial charge in [0.15, 0.2) is 0 Å². The van der Waals surface area contributed by atoms with Crippen LogP contribution in [0.2, 0.25) is 12.6 Å². The molecule has 0 saturated carbocycles. The van der Waals surface area contributed by atoms with Crippen LogP contribution >= 0.6 is 0 Å². The van der Waals surface area contributed by atoms with Crippen LogP contribution in [-0.4, -0.2) is 9.52 Å². The van der Waals surface area contributed by atoms with Crippen molar-refractivity contribution in [2.75, 3.05) is 0 Å². The summed E-state index contributed by atoms with van der Waals surface area (Å²) in [7, 11) is 0.284. The first-order valence-corrected chi connectivity index (χ1v) is 5.35. The standard InChI is InChI=1S/C6H14Si/c1-4-6(2)5-7-3/h4,6H,1,5,7H2,2-3H3. The highest BCUT2D eigenvalue weighted by Crippen LogP contribution is 2.00. The van der Waals surface area contributed by atoms with E-state index in [9.17, 15) is 0 Å². The Balaban J connectivity index is 2.98. The maximum Gasteiger partial charge on any atom is 0.0173 e. The van der Waals surface area contributed by atoms with Crippen LogP contribution < -0.4 is 0 Å². The summed E-state index contributed by atoms with van der Waals surface area (Å²) < 4.78 is 0. The first-order chi connectivity index (χ1) is 3.31. The van der Waals surface area contributed by atoms with E-state index in [1.165, 1.54) is 6.04 Å². The van der Waals surface area contributed by atoms with Gasteiger partial charge in [0.05, 0.1) is 0 Å². The van der Waals surface area contributed by atoms with Crippen molar-refractivity contribution in [1.29, 1.82) is 0 Å². The fourth-order valence-electron chi connectivity index (χ4n) is 0.573. The van der Waals surface area contributed by atoms with Gasteiger partial charge in [0, 0.05) is 9.52 Å². The van der Waals surface area contributed by atoms with Crippen molar-refractivity contribution in [3.63, 3.8) is 0 Å². The van der Waals surface area contributed by atoms with Crippen molar-refractivity contribution < 1.29 is 0 Å². The second kappa shape index (κ2) is 4.12. The Morgan fingerprint density at radius 1 is 1.86 bits per heavy atom. The lowest BCUT2D eigenvalue weighted by molar-refractivity contribution is 0.827. The molecule has 0 aliphatic rings. The van der Waals surface area contributed by atoms with E-state index >= 15 is 0 Å². The second-order valence-corrected chi connectivity index (χ2v) is 3.58. The lowest BCUT2D eigenvalue weighted by Gasteiger charge is -1.98. The van der Waals surface area contributed by atoms with Gasteiger partial charge in [0.25, 0.3) is 0 Å². The Kier molecular flexibility index (Phi) is 4.10. The van der Waals surface area contributed by atoms with Crippen molar-refractivity contribution in [1.82, 2.24) is 0 Å². The highest BCUT2D eigenvalue weighted by Gasteiger charge is 1.89. The van der Waals surface area contributed by atoms with Crippen LogP contribution in [0.4, 0.5) is 0 Å². The molecule has 1 heteroatoms. The highest BCUT2D eigenvalue weighted by molar-refractivity contribution is 6.33. The average molecular weight is 114 g/mol. The molecular formula is C6H14Si. The van der Waals surface area contributed by atoms with Crippen LogP contribution in [0.5, 0.6) is 0 Å². The van der Waals surface area contributed by atoms with Gasteiger partial charge in [-0.2, -0.15) is 0 Å². The van der Waals surface area contributed by atoms with Crippen molar-refractivity contribution >= 4 is 9.52 Å². The van der Waals surface area contributed by atoms with Crippen LogP contribution in [0.3, 0.4) is 0 Å². The lowest BCUT2D eigenvalue weighted by atomic mass is 10.2. The summed E-state index contributed by atoms with van der Waals surface area (Å²) in [6.07, 6.45) is 2.04. The van der Waals surface area contributed by atoms with Gasteiger partial charge in [-0.05, 0) is 5.92 Å². The molecule has 0 rings (SSSR count). The van der Waals surface area contributed by atoms with E-state index in [0.717, 1.165) is 5.92 Å². The summed E-state index contributed by atoms with van der Waals surface area (Å²) in [5.41, 5.74) is 0. The van der Waals surface area contributed by atoms with Gasteiger partial charge in [0.1, 0.15) is 0 Å². The van der Waals surface area contributed by atoms with Gasteiger partial charge in [-0.1, -0.05) is 25.6 Å². The SMILES string of the molecule is C=CC(C)C[SiH2]C. The Morgan fingerprint density at radius 2 is 2.43 bits per heavy atom. The third-order valence-corrected chi connectivity index (χ3v) is 2.63. The van der Waals surface area contributed by atoms with Gasteiger partial charge >= 0.3 is 0 Å². The predicted molar refractivity (Wildman–Crippen MR) is 38.6 cm³/mol. The van der Waals surface area contributed by atoms with E-state index in [-0.39, 0.29) is 9.52 Å². The zero-order valence-corrected chi connectivity index (χ0v) is 6.69. The Morgan fingerprint density at radius 3 is 2.57 bits per heavy atom. The van der Waals surface area contributed by atoms with Crippen LogP contribution in [0, 0.1) is 5.92 Å². The molecule has 0 nitrogen and oxygen atoms in total. The summed E-state index contributed by atoms with van der Waals surface area (Å²) in [4.78, 5) is 0. The minimum Gasteiger partial charge on any atom is -0.103 e. The van der Waals surface area contributed by atoms with E-state index in [1.54, 1.807) is 0 Å². The van der Waals surface area contributed by atoms with Crippen molar-refractivity contribution in [3.05, 3.63) is 12.7 Å². The molecule has 1 atom stereocenters. The molecule has 0 amide bonds. The molecule has 7 heavy (non-hydrogen) atoms. The average Bonchev–Trinajstić information content (AvgIpc) is 1.68. The molecule has 1 unspecified atom stereocenters. The molecule has 0 fully saturated rings. The van der Waals surface area contributed by atoms with Crippen LogP contribution in [0.25, 0.3) is 0 Å². The minimum atomic E-state index is 0.284. The van der Waals surface area contributed by atoms with Gasteiger partial charge in [-0.15, -0.1) is 6.58 Å². The van der Waals surface area contributed by atoms with E-state index in [2.05, 4.69) is 20.0 Å². The molecule has 0 radical (unpaired) electrons. The number of allylic oxidation sites excluding steroid dienone is 1. The molecule has 0 aromatic heterocycles. The largest absolute Gasteiger partial charge is 0.103 e. The summed E-state index contributed by atoms with van der Waals surface area (Å²) in [6.45, 7) is 8.26. The smallest absolute Gasteiger partial charge is 0.0173 e. The summed E-state index contributed by atoms with van der Waals surface area (Å²) >= 11 is 0. The summed E-state index contributed by atoms with van der Waals surface area (Å²) in [6, 6.07) is 1.42. The molecule has 0 aromatic carbocycles. The summed E-state index contributed by atoms with van der Waals surface area (Å²) in [5.74, 6) is 0.775. The zero-order chi connectivity index (χ0) is 5.70. The highest BCUT2D eigenvalue weighted by atomic mass is 28.2. The Bertz CT molecular complexity index is 50.1. The van der Waals surface area contributed by atoms with Gasteiger partial charge < -0.3 is 0 Å². The molecule has 0 aromatic rings. The fraction of sp³-hybridized carbons (Fsp3) is 0.667. The fourth-order valence-corrected chi connectivity index (χ4v) is 1.72. The van der Waals surface area contributed by atoms with E-state index in [0.29, 0.717) is 0 Å². The monoisotopic (exact) mass is 114 g/mol. The molecule has 0 aliphatic heterocycles. The Labute approximate surface area is 48.4 Å². The normalized spacial score (nSPS) is 15.1. The maximum atomic E-state index is 3.70. The summed E-state index contributed by atoms with van der Waals surface area (Å²) in [5, 5.41) is 0. The maximum absolute atomic E-state index is 3.70. The third-order valence-electron chi connectivity index (χ3n) is 1.15. The molecule has 42 valence electrons. The first-order valence-electron chi connectivity index (χ1n) is 2.93. The van der Waals surface area contributed by atoms with Crippen LogP contribution in [0.1, 0.15) is 6.92 Å². The lowest BCUT2D eigenvalue weighted by Crippen LogP contribution is -1.90. The van der Waals surface area contributed by atoms with Crippen LogP contribution in [-0.2, 0) is 0 Å². The van der Waals surface area contributed by atoms with Crippen LogP contribution in [0.15, 0.2) is 12.7 Å². The molecule has 0 saturated heterocycles. The van der Waals surface area contributed by atoms with Gasteiger partial charge in [-0.3, -0.25) is 0 Å². The van der Waals surface area contributed by atoms with Gasteiger partial charge in [-0.25, -0.2) is 0 Å². The number of hydrogen-bond donors (Lipinski definition) is 0. The molecule has 0 heterocycles. The molecule has 0 N–H and O–H groups in total. The zero-order valence-electron chi connectivity index (χ0n) is 5.28. The van der Waals surface area contributed by atoms with Crippen molar-refractivity contribution in [2.45, 2.75) is 19.5 Å². The van der Waals surface area contributed by atoms with Crippen molar-refractivity contribution in [2.24, 2.45) is 5.92 Å². The third kappa shape index (κ3) is 3.80. The number of hydrogen-bond acceptors (Lipinski definition) is 0. The van der Waals surface area contributed by atoms with E-state index < -0.39 is 0 Å². The topological polar surface area (TPSA) is 0 Å².